The summed E-state index contributed by atoms with van der Waals surface area (Å²) in [7, 11) is 0. The third-order valence-corrected chi connectivity index (χ3v) is 9.81. The molecule has 0 aliphatic heterocycles. The Kier molecular flexibility index (Phi) is 4.53. The zero-order chi connectivity index (χ0) is 21.3. The van der Waals surface area contributed by atoms with Crippen LogP contribution >= 0.6 is 0 Å². The number of aromatic amines is 1. The van der Waals surface area contributed by atoms with E-state index in [1.54, 1.807) is 17.7 Å². The molecular formula is C25H34N2O3. The summed E-state index contributed by atoms with van der Waals surface area (Å²) < 4.78 is 1.72. The van der Waals surface area contributed by atoms with E-state index >= 15 is 0 Å². The van der Waals surface area contributed by atoms with Gasteiger partial charge in [0.1, 0.15) is 5.78 Å². The zero-order valence-electron chi connectivity index (χ0n) is 18.4. The summed E-state index contributed by atoms with van der Waals surface area (Å²) in [6, 6.07) is 1.58. The third kappa shape index (κ3) is 2.76. The second-order valence-electron chi connectivity index (χ2n) is 11.0. The topological polar surface area (TPSA) is 71.9 Å². The van der Waals surface area contributed by atoms with Crippen LogP contribution in [0.2, 0.25) is 0 Å². The van der Waals surface area contributed by atoms with Crippen molar-refractivity contribution >= 4 is 5.78 Å². The molecule has 0 saturated heterocycles. The van der Waals surface area contributed by atoms with Crippen molar-refractivity contribution in [2.45, 2.75) is 78.2 Å². The second kappa shape index (κ2) is 6.80. The second-order valence-corrected chi connectivity index (χ2v) is 11.0. The Morgan fingerprint density at radius 1 is 1.10 bits per heavy atom. The smallest absolute Gasteiger partial charge is 0.300 e. The first kappa shape index (κ1) is 20.0. The van der Waals surface area contributed by atoms with Gasteiger partial charge in [-0.25, -0.2) is 4.79 Å². The molecular weight excluding hydrogens is 376 g/mol. The number of fused-ring (bicyclic) bond motifs is 5. The maximum Gasteiger partial charge on any atom is 0.328 e. The maximum absolute atomic E-state index is 12.3. The number of Topliss-reactive ketones (excluding diaryl/α,β-unsaturated/α-hetero) is 1. The largest absolute Gasteiger partial charge is 0.328 e. The van der Waals surface area contributed by atoms with E-state index in [-0.39, 0.29) is 34.0 Å². The zero-order valence-corrected chi connectivity index (χ0v) is 18.4. The fraction of sp³-hybridized carbons (Fsp3) is 0.720. The highest BCUT2D eigenvalue weighted by atomic mass is 16.2. The lowest BCUT2D eigenvalue weighted by Crippen LogP contribution is -2.50. The van der Waals surface area contributed by atoms with Crippen molar-refractivity contribution in [1.82, 2.24) is 9.55 Å². The predicted molar refractivity (Wildman–Crippen MR) is 116 cm³/mol. The molecule has 0 radical (unpaired) electrons. The van der Waals surface area contributed by atoms with E-state index in [1.807, 2.05) is 0 Å². The SMILES string of the molecule is CC(=O)[C@H]1CC[C@H]2[C@@H]3CC=C4C[C@@H](n5ccc(=O)[nH]c5=O)CC[C@]4(C)[C@H]3CC[C@]12C. The van der Waals surface area contributed by atoms with E-state index < -0.39 is 0 Å². The summed E-state index contributed by atoms with van der Waals surface area (Å²) in [5.41, 5.74) is 1.29. The van der Waals surface area contributed by atoms with Gasteiger partial charge in [0.25, 0.3) is 5.56 Å². The van der Waals surface area contributed by atoms with Gasteiger partial charge in [-0.3, -0.25) is 19.1 Å². The van der Waals surface area contributed by atoms with Gasteiger partial charge in [0.05, 0.1) is 0 Å². The molecule has 1 aromatic rings. The number of nitrogens with one attached hydrogen (secondary N) is 1. The molecule has 1 aromatic heterocycles. The number of hydrogen-bond donors (Lipinski definition) is 1. The maximum atomic E-state index is 12.3. The van der Waals surface area contributed by atoms with Crippen molar-refractivity contribution in [2.24, 2.45) is 34.5 Å². The molecule has 4 aliphatic rings. The van der Waals surface area contributed by atoms with Gasteiger partial charge >= 0.3 is 5.69 Å². The molecule has 1 N–H and O–H groups in total. The van der Waals surface area contributed by atoms with Crippen LogP contribution in [0.15, 0.2) is 33.5 Å². The third-order valence-electron chi connectivity index (χ3n) is 9.81. The van der Waals surface area contributed by atoms with Gasteiger partial charge in [-0.1, -0.05) is 25.5 Å². The summed E-state index contributed by atoms with van der Waals surface area (Å²) in [6.07, 6.45) is 12.9. The van der Waals surface area contributed by atoms with Crippen LogP contribution in [0.1, 0.15) is 78.2 Å². The molecule has 4 aliphatic carbocycles. The van der Waals surface area contributed by atoms with Crippen LogP contribution in [-0.4, -0.2) is 15.3 Å². The summed E-state index contributed by atoms with van der Waals surface area (Å²) in [4.78, 5) is 38.5. The molecule has 5 nitrogen and oxygen atoms in total. The molecule has 0 amide bonds. The minimum atomic E-state index is -0.331. The molecule has 0 bridgehead atoms. The van der Waals surface area contributed by atoms with E-state index in [9.17, 15) is 14.4 Å². The Balaban J connectivity index is 1.43. The van der Waals surface area contributed by atoms with E-state index in [0.29, 0.717) is 23.5 Å². The highest BCUT2D eigenvalue weighted by Gasteiger charge is 2.59. The van der Waals surface area contributed by atoms with Crippen LogP contribution in [0.25, 0.3) is 0 Å². The Morgan fingerprint density at radius 2 is 1.90 bits per heavy atom. The monoisotopic (exact) mass is 410 g/mol. The number of carbonyl (C=O) groups excluding carboxylic acids is 1. The highest BCUT2D eigenvalue weighted by molar-refractivity contribution is 5.79. The van der Waals surface area contributed by atoms with Gasteiger partial charge in [-0.15, -0.1) is 0 Å². The lowest BCUT2D eigenvalue weighted by atomic mass is 9.47. The van der Waals surface area contributed by atoms with Crippen LogP contribution in [0.5, 0.6) is 0 Å². The summed E-state index contributed by atoms with van der Waals surface area (Å²) in [5, 5.41) is 0. The van der Waals surface area contributed by atoms with Crippen LogP contribution in [0, 0.1) is 34.5 Å². The molecule has 5 heteroatoms. The molecule has 0 aromatic carbocycles. The predicted octanol–water partition coefficient (Wildman–Crippen LogP) is 4.25. The van der Waals surface area contributed by atoms with Gasteiger partial charge < -0.3 is 0 Å². The minimum Gasteiger partial charge on any atom is -0.300 e. The van der Waals surface area contributed by atoms with E-state index in [2.05, 4.69) is 24.9 Å². The summed E-state index contributed by atoms with van der Waals surface area (Å²) >= 11 is 0. The van der Waals surface area contributed by atoms with Crippen LogP contribution in [0.3, 0.4) is 0 Å². The van der Waals surface area contributed by atoms with E-state index in [4.69, 9.17) is 0 Å². The van der Waals surface area contributed by atoms with E-state index in [1.165, 1.54) is 30.9 Å². The molecule has 5 rings (SSSR count). The fourth-order valence-corrected chi connectivity index (χ4v) is 8.26. The Hall–Kier alpha value is -1.91. The van der Waals surface area contributed by atoms with Crippen molar-refractivity contribution < 1.29 is 4.79 Å². The number of carbonyl (C=O) groups is 1. The first-order valence-corrected chi connectivity index (χ1v) is 11.8. The fourth-order valence-electron chi connectivity index (χ4n) is 8.26. The van der Waals surface area contributed by atoms with Crippen molar-refractivity contribution in [1.29, 1.82) is 0 Å². The first-order chi connectivity index (χ1) is 14.2. The van der Waals surface area contributed by atoms with E-state index in [0.717, 1.165) is 32.1 Å². The minimum absolute atomic E-state index is 0.132. The van der Waals surface area contributed by atoms with Crippen molar-refractivity contribution in [3.05, 3.63) is 44.8 Å². The van der Waals surface area contributed by atoms with Crippen molar-refractivity contribution in [3.63, 3.8) is 0 Å². The van der Waals surface area contributed by atoms with Gasteiger partial charge in [0.2, 0.25) is 0 Å². The van der Waals surface area contributed by atoms with Crippen LogP contribution in [0.4, 0.5) is 0 Å². The number of ketones is 1. The quantitative estimate of drug-likeness (QED) is 0.741. The molecule has 0 unspecified atom stereocenters. The average molecular weight is 411 g/mol. The molecule has 162 valence electrons. The Morgan fingerprint density at radius 3 is 2.63 bits per heavy atom. The number of aromatic nitrogens is 2. The Labute approximate surface area is 178 Å². The lowest BCUT2D eigenvalue weighted by Gasteiger charge is -2.58. The standard InChI is InChI=1S/C25H34N2O3/c1-15(28)19-6-7-20-18-5-4-16-14-17(27-13-10-22(29)26-23(27)30)8-11-24(16,2)21(18)9-12-25(19,20)3/h4,10,13,17-21H,5-9,11-12,14H2,1-3H3,(H,26,29,30)/t17-,18-,19+,20-,21-,24-,25+/m0/s1. The molecule has 7 atom stereocenters. The number of rotatable bonds is 2. The molecule has 3 saturated carbocycles. The number of H-pyrrole nitrogens is 1. The average Bonchev–Trinajstić information content (AvgIpc) is 3.05. The normalized spacial score (nSPS) is 42.6. The van der Waals surface area contributed by atoms with Crippen LogP contribution < -0.4 is 11.2 Å². The molecule has 30 heavy (non-hydrogen) atoms. The number of hydrogen-bond acceptors (Lipinski definition) is 3. The van der Waals surface area contributed by atoms with Gasteiger partial charge in [0.15, 0.2) is 0 Å². The Bertz CT molecular complexity index is 1020. The lowest BCUT2D eigenvalue weighted by molar-refractivity contribution is -0.127. The molecule has 3 fully saturated rings. The van der Waals surface area contributed by atoms with Crippen molar-refractivity contribution in [2.75, 3.05) is 0 Å². The van der Waals surface area contributed by atoms with Crippen LogP contribution in [-0.2, 0) is 4.79 Å². The first-order valence-electron chi connectivity index (χ1n) is 11.8. The highest BCUT2D eigenvalue weighted by Crippen LogP contribution is 2.66. The summed E-state index contributed by atoms with van der Waals surface area (Å²) in [5.74, 6) is 2.69. The van der Waals surface area contributed by atoms with Gasteiger partial charge in [-0.2, -0.15) is 0 Å². The number of allylic oxidation sites excluding steroid dienone is 2. The van der Waals surface area contributed by atoms with Gasteiger partial charge in [-0.05, 0) is 86.9 Å². The number of nitrogens with zero attached hydrogens (tertiary/aromatic N) is 1. The summed E-state index contributed by atoms with van der Waals surface area (Å²) in [6.45, 7) is 6.65. The molecule has 1 heterocycles. The van der Waals surface area contributed by atoms with Gasteiger partial charge in [0, 0.05) is 24.2 Å². The van der Waals surface area contributed by atoms with Crippen molar-refractivity contribution in [3.8, 4) is 0 Å². The molecule has 0 spiro atoms.